The highest BCUT2D eigenvalue weighted by Crippen LogP contribution is 2.21. The number of carbonyl (C=O) groups excluding carboxylic acids is 2. The lowest BCUT2D eigenvalue weighted by Crippen LogP contribution is -2.38. The summed E-state index contributed by atoms with van der Waals surface area (Å²) in [5.41, 5.74) is 3.97. The van der Waals surface area contributed by atoms with Gasteiger partial charge in [0.15, 0.2) is 0 Å². The second-order valence-electron chi connectivity index (χ2n) is 7.95. The fourth-order valence-corrected chi connectivity index (χ4v) is 3.49. The van der Waals surface area contributed by atoms with Gasteiger partial charge in [0.05, 0.1) is 6.04 Å². The SMILES string of the molecule is CNCCCNC(=O)/C=C/[C@H](Cc1ccccc1)NC(=O)Nc1ccc(-c2ccccc2)cc1. The van der Waals surface area contributed by atoms with Crippen LogP contribution in [-0.4, -0.2) is 38.1 Å². The molecule has 0 spiro atoms. The van der Waals surface area contributed by atoms with Crippen molar-refractivity contribution in [2.45, 2.75) is 18.9 Å². The van der Waals surface area contributed by atoms with Gasteiger partial charge < -0.3 is 21.3 Å². The summed E-state index contributed by atoms with van der Waals surface area (Å²) in [6, 6.07) is 27.0. The number of carbonyl (C=O) groups is 2. The molecule has 1 atom stereocenters. The first kappa shape index (κ1) is 24.7. The Hall–Kier alpha value is -3.90. The number of hydrogen-bond donors (Lipinski definition) is 4. The molecule has 0 saturated carbocycles. The van der Waals surface area contributed by atoms with E-state index in [0.717, 1.165) is 29.7 Å². The fourth-order valence-electron chi connectivity index (χ4n) is 3.49. The minimum atomic E-state index is -0.339. The molecule has 3 aromatic carbocycles. The first-order valence-electron chi connectivity index (χ1n) is 11.5. The average molecular weight is 457 g/mol. The van der Waals surface area contributed by atoms with Crippen LogP contribution in [-0.2, 0) is 11.2 Å². The molecule has 0 bridgehead atoms. The molecule has 0 unspecified atom stereocenters. The van der Waals surface area contributed by atoms with Gasteiger partial charge in [0.25, 0.3) is 0 Å². The van der Waals surface area contributed by atoms with Gasteiger partial charge in [0.2, 0.25) is 5.91 Å². The Labute approximate surface area is 201 Å². The van der Waals surface area contributed by atoms with Crippen molar-refractivity contribution in [2.24, 2.45) is 0 Å². The lowest BCUT2D eigenvalue weighted by molar-refractivity contribution is -0.116. The quantitative estimate of drug-likeness (QED) is 0.255. The molecule has 0 fully saturated rings. The number of urea groups is 1. The zero-order valence-corrected chi connectivity index (χ0v) is 19.5. The number of anilines is 1. The summed E-state index contributed by atoms with van der Waals surface area (Å²) in [6.45, 7) is 1.44. The largest absolute Gasteiger partial charge is 0.353 e. The van der Waals surface area contributed by atoms with Gasteiger partial charge in [-0.15, -0.1) is 0 Å². The first-order valence-corrected chi connectivity index (χ1v) is 11.5. The van der Waals surface area contributed by atoms with Crippen molar-refractivity contribution in [3.8, 4) is 11.1 Å². The topological polar surface area (TPSA) is 82.3 Å². The second kappa shape index (κ2) is 13.6. The van der Waals surface area contributed by atoms with Gasteiger partial charge in [-0.2, -0.15) is 0 Å². The van der Waals surface area contributed by atoms with Crippen LogP contribution in [0.4, 0.5) is 10.5 Å². The molecule has 176 valence electrons. The Morgan fingerprint density at radius 1 is 0.824 bits per heavy atom. The van der Waals surface area contributed by atoms with Crippen LogP contribution in [0.1, 0.15) is 12.0 Å². The summed E-state index contributed by atoms with van der Waals surface area (Å²) in [4.78, 5) is 24.8. The molecule has 6 heteroatoms. The molecule has 0 heterocycles. The normalized spacial score (nSPS) is 11.7. The van der Waals surface area contributed by atoms with E-state index < -0.39 is 0 Å². The summed E-state index contributed by atoms with van der Waals surface area (Å²) in [7, 11) is 1.88. The first-order chi connectivity index (χ1) is 16.6. The van der Waals surface area contributed by atoms with Crippen molar-refractivity contribution >= 4 is 17.6 Å². The van der Waals surface area contributed by atoms with Crippen LogP contribution in [0.5, 0.6) is 0 Å². The monoisotopic (exact) mass is 456 g/mol. The Balaban J connectivity index is 1.59. The molecule has 0 aliphatic carbocycles. The Morgan fingerprint density at radius 3 is 2.15 bits per heavy atom. The molecule has 34 heavy (non-hydrogen) atoms. The molecule has 0 aliphatic rings. The van der Waals surface area contributed by atoms with Crippen LogP contribution < -0.4 is 21.3 Å². The summed E-state index contributed by atoms with van der Waals surface area (Å²) < 4.78 is 0. The summed E-state index contributed by atoms with van der Waals surface area (Å²) in [5, 5.41) is 11.7. The Morgan fingerprint density at radius 2 is 1.47 bits per heavy atom. The van der Waals surface area contributed by atoms with Crippen LogP contribution in [0.2, 0.25) is 0 Å². The van der Waals surface area contributed by atoms with Gasteiger partial charge in [0, 0.05) is 18.3 Å². The van der Waals surface area contributed by atoms with E-state index in [1.807, 2.05) is 92.0 Å². The molecule has 0 saturated heterocycles. The van der Waals surface area contributed by atoms with Gasteiger partial charge in [-0.1, -0.05) is 78.9 Å². The van der Waals surface area contributed by atoms with E-state index in [9.17, 15) is 9.59 Å². The zero-order valence-electron chi connectivity index (χ0n) is 19.5. The third-order valence-electron chi connectivity index (χ3n) is 5.25. The van der Waals surface area contributed by atoms with Gasteiger partial charge in [-0.25, -0.2) is 4.79 Å². The van der Waals surface area contributed by atoms with Crippen molar-refractivity contribution in [1.29, 1.82) is 0 Å². The summed E-state index contributed by atoms with van der Waals surface area (Å²) in [6.07, 6.45) is 4.65. The van der Waals surface area contributed by atoms with E-state index in [4.69, 9.17) is 0 Å². The molecule has 3 rings (SSSR count). The van der Waals surface area contributed by atoms with E-state index in [1.54, 1.807) is 6.08 Å². The van der Waals surface area contributed by atoms with E-state index in [0.29, 0.717) is 18.7 Å². The smallest absolute Gasteiger partial charge is 0.319 e. The number of amides is 3. The molecule has 3 aromatic rings. The molecule has 0 aromatic heterocycles. The molecule has 0 aliphatic heterocycles. The molecular weight excluding hydrogens is 424 g/mol. The zero-order chi connectivity index (χ0) is 24.0. The van der Waals surface area contributed by atoms with E-state index in [1.165, 1.54) is 6.08 Å². The van der Waals surface area contributed by atoms with Crippen LogP contribution in [0.3, 0.4) is 0 Å². The van der Waals surface area contributed by atoms with Gasteiger partial charge in [-0.05, 0) is 55.3 Å². The summed E-state index contributed by atoms with van der Waals surface area (Å²) in [5.74, 6) is -0.173. The molecule has 4 N–H and O–H groups in total. The average Bonchev–Trinajstić information content (AvgIpc) is 2.87. The van der Waals surface area contributed by atoms with Crippen LogP contribution in [0.15, 0.2) is 97.1 Å². The number of rotatable bonds is 11. The maximum absolute atomic E-state index is 12.7. The minimum Gasteiger partial charge on any atom is -0.353 e. The van der Waals surface area contributed by atoms with Gasteiger partial charge >= 0.3 is 6.03 Å². The lowest BCUT2D eigenvalue weighted by atomic mass is 10.1. The Kier molecular flexibility index (Phi) is 9.90. The summed E-state index contributed by atoms with van der Waals surface area (Å²) >= 11 is 0. The van der Waals surface area contributed by atoms with Crippen molar-refractivity contribution in [1.82, 2.24) is 16.0 Å². The number of benzene rings is 3. The molecule has 0 radical (unpaired) electrons. The van der Waals surface area contributed by atoms with Crippen LogP contribution in [0.25, 0.3) is 11.1 Å². The van der Waals surface area contributed by atoms with Crippen LogP contribution >= 0.6 is 0 Å². The maximum atomic E-state index is 12.7. The lowest BCUT2D eigenvalue weighted by Gasteiger charge is -2.16. The second-order valence-corrected chi connectivity index (χ2v) is 7.95. The molecule has 3 amide bonds. The Bertz CT molecular complexity index is 1050. The fraction of sp³-hybridized carbons (Fsp3) is 0.214. The van der Waals surface area contributed by atoms with Gasteiger partial charge in [0.1, 0.15) is 0 Å². The van der Waals surface area contributed by atoms with E-state index >= 15 is 0 Å². The van der Waals surface area contributed by atoms with Crippen molar-refractivity contribution < 1.29 is 9.59 Å². The number of nitrogens with one attached hydrogen (secondary N) is 4. The highest BCUT2D eigenvalue weighted by Gasteiger charge is 2.11. The van der Waals surface area contributed by atoms with Gasteiger partial charge in [-0.3, -0.25) is 4.79 Å². The standard InChI is InChI=1S/C28H32N4O2/c1-29-19-8-20-30-27(33)18-17-26(21-22-9-4-2-5-10-22)32-28(34)31-25-15-13-24(14-16-25)23-11-6-3-7-12-23/h2-7,9-18,26,29H,8,19-21H2,1H3,(H,30,33)(H2,31,32,34)/b18-17+/t26-/m1/s1. The predicted molar refractivity (Wildman–Crippen MR) is 139 cm³/mol. The van der Waals surface area contributed by atoms with Crippen molar-refractivity contribution in [3.63, 3.8) is 0 Å². The van der Waals surface area contributed by atoms with E-state index in [-0.39, 0.29) is 18.0 Å². The molecule has 6 nitrogen and oxygen atoms in total. The maximum Gasteiger partial charge on any atom is 0.319 e. The van der Waals surface area contributed by atoms with Crippen molar-refractivity contribution in [3.05, 3.63) is 103 Å². The third-order valence-corrected chi connectivity index (χ3v) is 5.25. The highest BCUT2D eigenvalue weighted by molar-refractivity contribution is 5.90. The minimum absolute atomic E-state index is 0.173. The van der Waals surface area contributed by atoms with Crippen molar-refractivity contribution in [2.75, 3.05) is 25.5 Å². The third kappa shape index (κ3) is 8.56. The number of hydrogen-bond acceptors (Lipinski definition) is 3. The van der Waals surface area contributed by atoms with Crippen LogP contribution in [0, 0.1) is 0 Å². The van der Waals surface area contributed by atoms with E-state index in [2.05, 4.69) is 21.3 Å². The predicted octanol–water partition coefficient (Wildman–Crippen LogP) is 4.37. The highest BCUT2D eigenvalue weighted by atomic mass is 16.2. The molecular formula is C28H32N4O2.